The lowest BCUT2D eigenvalue weighted by Gasteiger charge is -2.10. The molecule has 0 bridgehead atoms. The first kappa shape index (κ1) is 21.6. The average molecular weight is 422 g/mol. The van der Waals surface area contributed by atoms with Gasteiger partial charge in [-0.1, -0.05) is 18.2 Å². The molecule has 8 heteroatoms. The van der Waals surface area contributed by atoms with Gasteiger partial charge in [-0.15, -0.1) is 0 Å². The van der Waals surface area contributed by atoms with Crippen LogP contribution in [0.1, 0.15) is 32.0 Å². The largest absolute Gasteiger partial charge is 0.497 e. The first-order valence-corrected chi connectivity index (χ1v) is 9.48. The summed E-state index contributed by atoms with van der Waals surface area (Å²) in [6.45, 7) is 1.64. The molecule has 8 nitrogen and oxygen atoms in total. The predicted octanol–water partition coefficient (Wildman–Crippen LogP) is 3.32. The number of hydrogen-bond donors (Lipinski definition) is 2. The van der Waals surface area contributed by atoms with Crippen LogP contribution in [0.25, 0.3) is 0 Å². The molecule has 3 rings (SSSR count). The van der Waals surface area contributed by atoms with Crippen molar-refractivity contribution in [2.45, 2.75) is 13.5 Å². The summed E-state index contributed by atoms with van der Waals surface area (Å²) in [5.41, 5.74) is 2.27. The zero-order valence-electron chi connectivity index (χ0n) is 17.1. The summed E-state index contributed by atoms with van der Waals surface area (Å²) < 4.78 is 15.3. The Bertz CT molecular complexity index is 1080. The van der Waals surface area contributed by atoms with Gasteiger partial charge >= 0.3 is 5.97 Å². The van der Waals surface area contributed by atoms with Crippen molar-refractivity contribution >= 4 is 23.5 Å². The van der Waals surface area contributed by atoms with Crippen LogP contribution < -0.4 is 15.4 Å². The first-order valence-electron chi connectivity index (χ1n) is 9.48. The Morgan fingerprint density at radius 1 is 1.03 bits per heavy atom. The van der Waals surface area contributed by atoms with Gasteiger partial charge in [0, 0.05) is 12.2 Å². The summed E-state index contributed by atoms with van der Waals surface area (Å²) in [7, 11) is 1.57. The Morgan fingerprint density at radius 2 is 1.87 bits per heavy atom. The monoisotopic (exact) mass is 422 g/mol. The second kappa shape index (κ2) is 10.1. The van der Waals surface area contributed by atoms with Crippen LogP contribution in [0.4, 0.5) is 5.69 Å². The lowest BCUT2D eigenvalue weighted by atomic mass is 10.1. The van der Waals surface area contributed by atoms with Crippen molar-refractivity contribution in [3.05, 3.63) is 83.3 Å². The number of methoxy groups -OCH3 is 1. The van der Waals surface area contributed by atoms with Gasteiger partial charge < -0.3 is 24.5 Å². The SMILES string of the molecule is COc1cccc(CNC(=O)COC(=O)c2ccc(C)c(NC(=O)c3ccco3)c2)c1. The number of hydrogen-bond acceptors (Lipinski definition) is 6. The number of benzene rings is 2. The maximum absolute atomic E-state index is 12.3. The number of anilines is 1. The molecule has 0 radical (unpaired) electrons. The molecule has 2 aromatic carbocycles. The van der Waals surface area contributed by atoms with E-state index in [2.05, 4.69) is 10.6 Å². The quantitative estimate of drug-likeness (QED) is 0.540. The minimum absolute atomic E-state index is 0.153. The van der Waals surface area contributed by atoms with Crippen LogP contribution in [0.15, 0.2) is 65.3 Å². The number of rotatable bonds is 8. The number of carbonyl (C=O) groups excluding carboxylic acids is 3. The van der Waals surface area contributed by atoms with Gasteiger partial charge in [0.25, 0.3) is 11.8 Å². The van der Waals surface area contributed by atoms with E-state index in [1.165, 1.54) is 18.4 Å². The molecule has 0 atom stereocenters. The Kier molecular flexibility index (Phi) is 7.05. The van der Waals surface area contributed by atoms with E-state index in [0.29, 0.717) is 11.4 Å². The lowest BCUT2D eigenvalue weighted by molar-refractivity contribution is -0.124. The minimum Gasteiger partial charge on any atom is -0.497 e. The van der Waals surface area contributed by atoms with E-state index in [-0.39, 0.29) is 17.9 Å². The van der Waals surface area contributed by atoms with E-state index in [0.717, 1.165) is 11.1 Å². The number of aryl methyl sites for hydroxylation is 1. The molecule has 0 aliphatic heterocycles. The van der Waals surface area contributed by atoms with Crippen LogP contribution in [0, 0.1) is 6.92 Å². The highest BCUT2D eigenvalue weighted by Crippen LogP contribution is 2.19. The highest BCUT2D eigenvalue weighted by Gasteiger charge is 2.15. The average Bonchev–Trinajstić information content (AvgIpc) is 3.33. The van der Waals surface area contributed by atoms with Gasteiger partial charge in [-0.3, -0.25) is 9.59 Å². The smallest absolute Gasteiger partial charge is 0.338 e. The molecule has 2 N–H and O–H groups in total. The number of furan rings is 1. The third kappa shape index (κ3) is 5.96. The van der Waals surface area contributed by atoms with Crippen LogP contribution in [0.3, 0.4) is 0 Å². The molecule has 1 aromatic heterocycles. The summed E-state index contributed by atoms with van der Waals surface area (Å²) in [5.74, 6) is -0.706. The Hall–Kier alpha value is -4.07. The van der Waals surface area contributed by atoms with Crippen molar-refractivity contribution in [3.8, 4) is 5.75 Å². The Morgan fingerprint density at radius 3 is 2.61 bits per heavy atom. The summed E-state index contributed by atoms with van der Waals surface area (Å²) in [5, 5.41) is 5.37. The lowest BCUT2D eigenvalue weighted by Crippen LogP contribution is -2.28. The molecule has 3 aromatic rings. The van der Waals surface area contributed by atoms with Gasteiger partial charge in [0.1, 0.15) is 5.75 Å². The summed E-state index contributed by atoms with van der Waals surface area (Å²) in [4.78, 5) is 36.5. The topological polar surface area (TPSA) is 107 Å². The van der Waals surface area contributed by atoms with Gasteiger partial charge in [0.05, 0.1) is 18.9 Å². The fourth-order valence-electron chi connectivity index (χ4n) is 2.72. The summed E-state index contributed by atoms with van der Waals surface area (Å²) >= 11 is 0. The first-order chi connectivity index (χ1) is 15.0. The van der Waals surface area contributed by atoms with Crippen molar-refractivity contribution < 1.29 is 28.3 Å². The highest BCUT2D eigenvalue weighted by molar-refractivity contribution is 6.03. The number of carbonyl (C=O) groups is 3. The minimum atomic E-state index is -0.676. The van der Waals surface area contributed by atoms with Crippen LogP contribution in [-0.4, -0.2) is 31.5 Å². The molecule has 2 amide bonds. The van der Waals surface area contributed by atoms with Gasteiger partial charge in [-0.25, -0.2) is 4.79 Å². The Balaban J connectivity index is 1.53. The van der Waals surface area contributed by atoms with E-state index >= 15 is 0 Å². The molecule has 0 spiro atoms. The van der Waals surface area contributed by atoms with E-state index in [4.69, 9.17) is 13.9 Å². The van der Waals surface area contributed by atoms with Gasteiger partial charge in [0.15, 0.2) is 12.4 Å². The number of nitrogens with one attached hydrogen (secondary N) is 2. The van der Waals surface area contributed by atoms with E-state index in [1.54, 1.807) is 44.4 Å². The molecule has 0 unspecified atom stereocenters. The molecule has 160 valence electrons. The van der Waals surface area contributed by atoms with Crippen molar-refractivity contribution in [3.63, 3.8) is 0 Å². The zero-order chi connectivity index (χ0) is 22.2. The van der Waals surface area contributed by atoms with E-state index in [1.807, 2.05) is 12.1 Å². The summed E-state index contributed by atoms with van der Waals surface area (Å²) in [6.07, 6.45) is 1.40. The maximum Gasteiger partial charge on any atom is 0.338 e. The van der Waals surface area contributed by atoms with Crippen LogP contribution in [-0.2, 0) is 16.1 Å². The normalized spacial score (nSPS) is 10.3. The third-order valence-corrected chi connectivity index (χ3v) is 4.42. The molecule has 0 fully saturated rings. The van der Waals surface area contributed by atoms with Crippen molar-refractivity contribution in [2.75, 3.05) is 19.0 Å². The molecule has 1 heterocycles. The van der Waals surface area contributed by atoms with Crippen molar-refractivity contribution in [1.29, 1.82) is 0 Å². The molecule has 0 aliphatic rings. The van der Waals surface area contributed by atoms with E-state index in [9.17, 15) is 14.4 Å². The maximum atomic E-state index is 12.3. The standard InChI is InChI=1S/C23H22N2O6/c1-15-8-9-17(12-19(15)25-22(27)20-7-4-10-30-20)23(28)31-14-21(26)24-13-16-5-3-6-18(11-16)29-2/h3-12H,13-14H2,1-2H3,(H,24,26)(H,25,27). The molecular weight excluding hydrogens is 400 g/mol. The fraction of sp³-hybridized carbons (Fsp3) is 0.174. The molecule has 31 heavy (non-hydrogen) atoms. The molecule has 0 saturated heterocycles. The molecule has 0 saturated carbocycles. The highest BCUT2D eigenvalue weighted by atomic mass is 16.5. The molecule has 0 aliphatic carbocycles. The van der Waals surface area contributed by atoms with Gasteiger partial charge in [-0.2, -0.15) is 0 Å². The van der Waals surface area contributed by atoms with Gasteiger partial charge in [-0.05, 0) is 54.4 Å². The van der Waals surface area contributed by atoms with Crippen LogP contribution in [0.2, 0.25) is 0 Å². The zero-order valence-corrected chi connectivity index (χ0v) is 17.1. The number of esters is 1. The van der Waals surface area contributed by atoms with E-state index < -0.39 is 24.4 Å². The second-order valence-corrected chi connectivity index (χ2v) is 6.67. The number of amides is 2. The fourth-order valence-corrected chi connectivity index (χ4v) is 2.72. The van der Waals surface area contributed by atoms with Crippen molar-refractivity contribution in [1.82, 2.24) is 5.32 Å². The predicted molar refractivity (Wildman–Crippen MR) is 113 cm³/mol. The van der Waals surface area contributed by atoms with Crippen LogP contribution >= 0.6 is 0 Å². The molecular formula is C23H22N2O6. The second-order valence-electron chi connectivity index (χ2n) is 6.67. The number of ether oxygens (including phenoxy) is 2. The van der Waals surface area contributed by atoms with Crippen molar-refractivity contribution in [2.24, 2.45) is 0 Å². The Labute approximate surface area is 179 Å². The third-order valence-electron chi connectivity index (χ3n) is 4.42. The summed E-state index contributed by atoms with van der Waals surface area (Å²) in [6, 6.07) is 15.1. The van der Waals surface area contributed by atoms with Crippen LogP contribution in [0.5, 0.6) is 5.75 Å². The van der Waals surface area contributed by atoms with Gasteiger partial charge in [0.2, 0.25) is 0 Å².